The lowest BCUT2D eigenvalue weighted by Crippen LogP contribution is -2.04. The number of nitrogen functional groups attached to an aromatic ring is 1. The Balaban J connectivity index is 2.08. The summed E-state index contributed by atoms with van der Waals surface area (Å²) in [5.41, 5.74) is 7.68. The predicted octanol–water partition coefficient (Wildman–Crippen LogP) is 2.51. The highest BCUT2D eigenvalue weighted by molar-refractivity contribution is 5.95. The Morgan fingerprint density at radius 1 is 1.21 bits per heavy atom. The SMILES string of the molecule is Cc1cc(C(F)F)c2nc(N)n3nc(-c4cnn(C)c4)nc3c2c1. The number of anilines is 1. The smallest absolute Gasteiger partial charge is 0.265 e. The molecule has 1 aromatic carbocycles. The van der Waals surface area contributed by atoms with Gasteiger partial charge in [-0.2, -0.15) is 9.61 Å². The van der Waals surface area contributed by atoms with Crippen LogP contribution >= 0.6 is 0 Å². The van der Waals surface area contributed by atoms with Crippen molar-refractivity contribution in [2.24, 2.45) is 7.05 Å². The molecule has 7 nitrogen and oxygen atoms in total. The molecule has 3 heterocycles. The van der Waals surface area contributed by atoms with Crippen LogP contribution in [0.3, 0.4) is 0 Å². The summed E-state index contributed by atoms with van der Waals surface area (Å²) in [6.07, 6.45) is 0.731. The number of fused-ring (bicyclic) bond motifs is 3. The molecule has 0 saturated carbocycles. The van der Waals surface area contributed by atoms with Gasteiger partial charge in [-0.05, 0) is 24.6 Å². The maximum absolute atomic E-state index is 13.3. The fourth-order valence-electron chi connectivity index (χ4n) is 2.74. The monoisotopic (exact) mass is 329 g/mol. The van der Waals surface area contributed by atoms with E-state index in [4.69, 9.17) is 5.73 Å². The standard InChI is InChI=1S/C15H13F2N7/c1-7-3-9(12(16)17)11-10(4-7)14-21-13(8-5-19-23(2)6-8)22-24(14)15(18)20-11/h3-6,12H,1-2H3,(H2,18,20). The van der Waals surface area contributed by atoms with E-state index in [-0.39, 0.29) is 17.0 Å². The third-order valence-electron chi connectivity index (χ3n) is 3.77. The van der Waals surface area contributed by atoms with E-state index < -0.39 is 6.43 Å². The minimum Gasteiger partial charge on any atom is -0.368 e. The van der Waals surface area contributed by atoms with Crippen molar-refractivity contribution in [3.8, 4) is 11.4 Å². The van der Waals surface area contributed by atoms with Gasteiger partial charge in [0.25, 0.3) is 6.43 Å². The highest BCUT2D eigenvalue weighted by Gasteiger charge is 2.19. The third-order valence-corrected chi connectivity index (χ3v) is 3.77. The molecule has 0 atom stereocenters. The Hall–Kier alpha value is -3.10. The molecule has 0 aliphatic carbocycles. The summed E-state index contributed by atoms with van der Waals surface area (Å²) in [5, 5.41) is 8.90. The van der Waals surface area contributed by atoms with Crippen LogP contribution in [0.25, 0.3) is 27.9 Å². The quantitative estimate of drug-likeness (QED) is 0.610. The molecule has 0 amide bonds. The van der Waals surface area contributed by atoms with E-state index in [0.717, 1.165) is 0 Å². The van der Waals surface area contributed by atoms with Crippen LogP contribution in [0.15, 0.2) is 24.5 Å². The van der Waals surface area contributed by atoms with Gasteiger partial charge in [0.05, 0.1) is 17.3 Å². The second-order valence-corrected chi connectivity index (χ2v) is 5.59. The van der Waals surface area contributed by atoms with Crippen molar-refractivity contribution in [2.75, 3.05) is 5.73 Å². The van der Waals surface area contributed by atoms with Gasteiger partial charge in [0.15, 0.2) is 11.5 Å². The zero-order chi connectivity index (χ0) is 17.0. The average molecular weight is 329 g/mol. The summed E-state index contributed by atoms with van der Waals surface area (Å²) in [7, 11) is 1.78. The fourth-order valence-corrected chi connectivity index (χ4v) is 2.74. The Labute approximate surface area is 134 Å². The number of alkyl halides is 2. The molecule has 0 radical (unpaired) electrons. The maximum atomic E-state index is 13.3. The third kappa shape index (κ3) is 2.08. The summed E-state index contributed by atoms with van der Waals surface area (Å²) in [5.74, 6) is 0.412. The number of benzene rings is 1. The van der Waals surface area contributed by atoms with Crippen LogP contribution in [-0.4, -0.2) is 29.4 Å². The number of hydrogen-bond acceptors (Lipinski definition) is 5. The van der Waals surface area contributed by atoms with Crippen LogP contribution in [0, 0.1) is 6.92 Å². The van der Waals surface area contributed by atoms with Crippen molar-refractivity contribution in [3.05, 3.63) is 35.7 Å². The first-order valence-electron chi connectivity index (χ1n) is 7.17. The molecule has 0 saturated heterocycles. The van der Waals surface area contributed by atoms with Gasteiger partial charge in [0.2, 0.25) is 5.95 Å². The molecule has 3 aromatic heterocycles. The minimum absolute atomic E-state index is 0.00546. The Kier molecular flexibility index (Phi) is 2.99. The molecular weight excluding hydrogens is 316 g/mol. The summed E-state index contributed by atoms with van der Waals surface area (Å²) in [6, 6.07) is 3.17. The number of aromatic nitrogens is 6. The topological polar surface area (TPSA) is 86.9 Å². The second kappa shape index (κ2) is 4.95. The highest BCUT2D eigenvalue weighted by Crippen LogP contribution is 2.31. The number of aryl methyl sites for hydroxylation is 2. The van der Waals surface area contributed by atoms with Gasteiger partial charge in [-0.25, -0.2) is 18.7 Å². The molecule has 4 aromatic rings. The maximum Gasteiger partial charge on any atom is 0.265 e. The van der Waals surface area contributed by atoms with Crippen LogP contribution in [0.5, 0.6) is 0 Å². The number of halogens is 2. The van der Waals surface area contributed by atoms with Gasteiger partial charge < -0.3 is 5.73 Å². The minimum atomic E-state index is -2.65. The molecule has 24 heavy (non-hydrogen) atoms. The van der Waals surface area contributed by atoms with Crippen LogP contribution in [-0.2, 0) is 7.05 Å². The lowest BCUT2D eigenvalue weighted by Gasteiger charge is -2.08. The van der Waals surface area contributed by atoms with Gasteiger partial charge >= 0.3 is 0 Å². The van der Waals surface area contributed by atoms with Crippen LogP contribution < -0.4 is 5.73 Å². The van der Waals surface area contributed by atoms with E-state index in [2.05, 4.69) is 20.2 Å². The first kappa shape index (κ1) is 14.5. The first-order valence-corrected chi connectivity index (χ1v) is 7.17. The molecule has 0 fully saturated rings. The Morgan fingerprint density at radius 2 is 2.00 bits per heavy atom. The second-order valence-electron chi connectivity index (χ2n) is 5.59. The lowest BCUT2D eigenvalue weighted by molar-refractivity contribution is 0.153. The van der Waals surface area contributed by atoms with Crippen molar-refractivity contribution in [1.29, 1.82) is 0 Å². The van der Waals surface area contributed by atoms with Crippen molar-refractivity contribution in [1.82, 2.24) is 29.4 Å². The van der Waals surface area contributed by atoms with Gasteiger partial charge in [0.1, 0.15) is 0 Å². The summed E-state index contributed by atoms with van der Waals surface area (Å²) in [4.78, 5) is 8.58. The molecule has 0 aliphatic heterocycles. The van der Waals surface area contributed by atoms with Crippen molar-refractivity contribution in [3.63, 3.8) is 0 Å². The molecule has 122 valence electrons. The van der Waals surface area contributed by atoms with Crippen LogP contribution in [0.4, 0.5) is 14.7 Å². The van der Waals surface area contributed by atoms with Crippen molar-refractivity contribution >= 4 is 22.5 Å². The summed E-state index contributed by atoms with van der Waals surface area (Å²) in [6.45, 7) is 1.75. The average Bonchev–Trinajstić information content (AvgIpc) is 3.14. The lowest BCUT2D eigenvalue weighted by atomic mass is 10.1. The zero-order valence-corrected chi connectivity index (χ0v) is 12.9. The normalized spacial score (nSPS) is 11.9. The van der Waals surface area contributed by atoms with Gasteiger partial charge in [-0.3, -0.25) is 4.68 Å². The van der Waals surface area contributed by atoms with Crippen molar-refractivity contribution < 1.29 is 8.78 Å². The molecule has 0 unspecified atom stereocenters. The van der Waals surface area contributed by atoms with Crippen LogP contribution in [0.2, 0.25) is 0 Å². The largest absolute Gasteiger partial charge is 0.368 e. The molecular formula is C15H13F2N7. The van der Waals surface area contributed by atoms with E-state index in [9.17, 15) is 8.78 Å². The predicted molar refractivity (Wildman–Crippen MR) is 84.6 cm³/mol. The van der Waals surface area contributed by atoms with E-state index in [1.54, 1.807) is 37.1 Å². The molecule has 4 rings (SSSR count). The van der Waals surface area contributed by atoms with Gasteiger partial charge in [0, 0.05) is 24.2 Å². The van der Waals surface area contributed by atoms with Gasteiger partial charge in [-0.15, -0.1) is 5.10 Å². The zero-order valence-electron chi connectivity index (χ0n) is 12.9. The number of nitrogens with zero attached hydrogens (tertiary/aromatic N) is 6. The molecule has 0 aliphatic rings. The Bertz CT molecular complexity index is 1080. The summed E-state index contributed by atoms with van der Waals surface area (Å²) < 4.78 is 29.7. The highest BCUT2D eigenvalue weighted by atomic mass is 19.3. The summed E-state index contributed by atoms with van der Waals surface area (Å²) >= 11 is 0. The number of rotatable bonds is 2. The molecule has 0 bridgehead atoms. The Morgan fingerprint density at radius 3 is 2.67 bits per heavy atom. The van der Waals surface area contributed by atoms with E-state index >= 15 is 0 Å². The van der Waals surface area contributed by atoms with Crippen molar-refractivity contribution in [2.45, 2.75) is 13.3 Å². The van der Waals surface area contributed by atoms with E-state index in [1.807, 2.05) is 0 Å². The molecule has 0 spiro atoms. The van der Waals surface area contributed by atoms with E-state index in [0.29, 0.717) is 28.0 Å². The molecule has 9 heteroatoms. The fraction of sp³-hybridized carbons (Fsp3) is 0.200. The molecule has 2 N–H and O–H groups in total. The van der Waals surface area contributed by atoms with Crippen LogP contribution in [0.1, 0.15) is 17.6 Å². The van der Waals surface area contributed by atoms with Gasteiger partial charge in [-0.1, -0.05) is 0 Å². The number of hydrogen-bond donors (Lipinski definition) is 1. The van der Waals surface area contributed by atoms with E-state index in [1.165, 1.54) is 10.6 Å². The first-order chi connectivity index (χ1) is 11.4. The number of nitrogens with two attached hydrogens (primary N) is 1.